The number of rotatable bonds is 2. The second kappa shape index (κ2) is 7.88. The second-order valence-corrected chi connectivity index (χ2v) is 7.47. The Kier molecular flexibility index (Phi) is 5.13. The van der Waals surface area contributed by atoms with Crippen LogP contribution in [0.1, 0.15) is 23.5 Å². The fraction of sp³-hybridized carbons (Fsp3) is 0.200. The predicted octanol–water partition coefficient (Wildman–Crippen LogP) is 3.00. The number of carbonyl (C=O) groups is 3. The fourth-order valence-electron chi connectivity index (χ4n) is 3.80. The second-order valence-electron chi connectivity index (χ2n) is 6.61. The highest BCUT2D eigenvalue weighted by Gasteiger charge is 2.30. The summed E-state index contributed by atoms with van der Waals surface area (Å²) < 4.78 is 1.13. The largest absolute Gasteiger partial charge is 0.483 e. The van der Waals surface area contributed by atoms with Crippen molar-refractivity contribution < 1.29 is 19.5 Å². The molecule has 1 atom stereocenters. The van der Waals surface area contributed by atoms with Crippen LogP contribution in [-0.4, -0.2) is 41.6 Å². The SMILES string of the molecule is O=C1CC(c2cccc3ncsc23)c2ccc(N3CCNC3=O)cc2N1.O=CO. The molecular weight excluding hydrogens is 392 g/mol. The quantitative estimate of drug-likeness (QED) is 0.563. The van der Waals surface area contributed by atoms with Gasteiger partial charge in [-0.3, -0.25) is 14.5 Å². The van der Waals surface area contributed by atoms with Crippen LogP contribution in [0.4, 0.5) is 16.2 Å². The van der Waals surface area contributed by atoms with Crippen LogP contribution in [0.15, 0.2) is 41.9 Å². The molecule has 148 valence electrons. The van der Waals surface area contributed by atoms with Gasteiger partial charge >= 0.3 is 6.03 Å². The molecule has 0 aliphatic carbocycles. The molecule has 1 unspecified atom stereocenters. The van der Waals surface area contributed by atoms with Crippen LogP contribution in [0.25, 0.3) is 10.2 Å². The van der Waals surface area contributed by atoms with E-state index in [9.17, 15) is 9.59 Å². The van der Waals surface area contributed by atoms with Gasteiger partial charge in [0, 0.05) is 36.8 Å². The van der Waals surface area contributed by atoms with Crippen molar-refractivity contribution in [2.75, 3.05) is 23.3 Å². The topological polar surface area (TPSA) is 112 Å². The molecule has 9 heteroatoms. The van der Waals surface area contributed by atoms with E-state index in [0.29, 0.717) is 19.5 Å². The first-order valence-corrected chi connectivity index (χ1v) is 9.89. The van der Waals surface area contributed by atoms with Crippen molar-refractivity contribution in [1.82, 2.24) is 10.3 Å². The first-order chi connectivity index (χ1) is 14.1. The standard InChI is InChI=1S/C19H16N4O2S.CH2O2/c24-17-9-14(13-2-1-3-15-18(13)26-10-21-15)12-5-4-11(8-16(12)22-17)23-7-6-20-19(23)25;2-1-3/h1-5,8,10,14H,6-7,9H2,(H,20,25)(H,22,24);1H,(H,2,3). The number of hydrogen-bond donors (Lipinski definition) is 3. The van der Waals surface area contributed by atoms with Crippen molar-refractivity contribution in [3.63, 3.8) is 0 Å². The van der Waals surface area contributed by atoms with E-state index in [1.807, 2.05) is 35.8 Å². The third kappa shape index (κ3) is 3.52. The molecule has 3 N–H and O–H groups in total. The van der Waals surface area contributed by atoms with Gasteiger partial charge in [-0.05, 0) is 29.3 Å². The number of thiazole rings is 1. The van der Waals surface area contributed by atoms with Crippen molar-refractivity contribution in [1.29, 1.82) is 0 Å². The summed E-state index contributed by atoms with van der Waals surface area (Å²) in [5.41, 5.74) is 6.60. The number of benzene rings is 2. The lowest BCUT2D eigenvalue weighted by Crippen LogP contribution is -2.28. The molecule has 0 saturated carbocycles. The summed E-state index contributed by atoms with van der Waals surface area (Å²) in [7, 11) is 0. The summed E-state index contributed by atoms with van der Waals surface area (Å²) in [6.07, 6.45) is 0.410. The van der Waals surface area contributed by atoms with Crippen LogP contribution < -0.4 is 15.5 Å². The zero-order valence-corrected chi connectivity index (χ0v) is 16.1. The van der Waals surface area contributed by atoms with E-state index in [-0.39, 0.29) is 24.3 Å². The summed E-state index contributed by atoms with van der Waals surface area (Å²) >= 11 is 1.60. The average Bonchev–Trinajstić information content (AvgIpc) is 3.36. The smallest absolute Gasteiger partial charge is 0.321 e. The Balaban J connectivity index is 0.000000645. The van der Waals surface area contributed by atoms with Gasteiger partial charge < -0.3 is 15.7 Å². The number of fused-ring (bicyclic) bond motifs is 2. The Morgan fingerprint density at radius 2 is 2.03 bits per heavy atom. The number of anilines is 2. The maximum absolute atomic E-state index is 12.4. The lowest BCUT2D eigenvalue weighted by molar-refractivity contribution is -0.123. The first-order valence-electron chi connectivity index (χ1n) is 9.01. The highest BCUT2D eigenvalue weighted by atomic mass is 32.1. The van der Waals surface area contributed by atoms with Crippen molar-refractivity contribution in [2.24, 2.45) is 0 Å². The maximum atomic E-state index is 12.4. The summed E-state index contributed by atoms with van der Waals surface area (Å²) in [4.78, 5) is 38.7. The molecule has 2 aromatic carbocycles. The monoisotopic (exact) mass is 410 g/mol. The van der Waals surface area contributed by atoms with Gasteiger partial charge in [0.15, 0.2) is 0 Å². The lowest BCUT2D eigenvalue weighted by Gasteiger charge is -2.27. The number of nitrogens with one attached hydrogen (secondary N) is 2. The summed E-state index contributed by atoms with van der Waals surface area (Å²) in [5, 5.41) is 12.7. The first kappa shape index (κ1) is 18.9. The average molecular weight is 410 g/mol. The number of nitrogens with zero attached hydrogens (tertiary/aromatic N) is 2. The molecule has 0 radical (unpaired) electrons. The van der Waals surface area contributed by atoms with Crippen LogP contribution in [0.2, 0.25) is 0 Å². The molecule has 2 aliphatic rings. The molecule has 1 aromatic heterocycles. The molecular formula is C20H18N4O4S. The van der Waals surface area contributed by atoms with Gasteiger partial charge in [-0.1, -0.05) is 18.2 Å². The summed E-state index contributed by atoms with van der Waals surface area (Å²) in [5.74, 6) is -0.0172. The van der Waals surface area contributed by atoms with Crippen LogP contribution >= 0.6 is 11.3 Å². The van der Waals surface area contributed by atoms with Crippen LogP contribution in [0, 0.1) is 0 Å². The Bertz CT molecular complexity index is 1100. The normalized spacial score (nSPS) is 17.8. The molecule has 3 aromatic rings. The molecule has 3 heterocycles. The van der Waals surface area contributed by atoms with E-state index in [2.05, 4.69) is 21.7 Å². The number of carbonyl (C=O) groups excluding carboxylic acids is 2. The number of carboxylic acid groups (broad SMARTS) is 1. The van der Waals surface area contributed by atoms with Crippen LogP contribution in [-0.2, 0) is 9.59 Å². The zero-order chi connectivity index (χ0) is 20.4. The van der Waals surface area contributed by atoms with Gasteiger partial charge in [-0.25, -0.2) is 9.78 Å². The Morgan fingerprint density at radius 3 is 2.79 bits per heavy atom. The molecule has 5 rings (SSSR count). The van der Waals surface area contributed by atoms with Crippen molar-refractivity contribution in [2.45, 2.75) is 12.3 Å². The predicted molar refractivity (Wildman–Crippen MR) is 111 cm³/mol. The molecule has 0 bridgehead atoms. The van der Waals surface area contributed by atoms with Crippen LogP contribution in [0.5, 0.6) is 0 Å². The highest BCUT2D eigenvalue weighted by molar-refractivity contribution is 7.17. The van der Waals surface area contributed by atoms with E-state index in [4.69, 9.17) is 9.90 Å². The number of aromatic nitrogens is 1. The van der Waals surface area contributed by atoms with E-state index >= 15 is 0 Å². The van der Waals surface area contributed by atoms with Crippen molar-refractivity contribution in [3.8, 4) is 0 Å². The minimum atomic E-state index is -0.250. The molecule has 3 amide bonds. The summed E-state index contributed by atoms with van der Waals surface area (Å²) in [6.45, 7) is 1.02. The molecule has 1 saturated heterocycles. The van der Waals surface area contributed by atoms with E-state index in [1.54, 1.807) is 16.2 Å². The zero-order valence-electron chi connectivity index (χ0n) is 15.3. The van der Waals surface area contributed by atoms with Crippen molar-refractivity contribution in [3.05, 3.63) is 53.0 Å². The van der Waals surface area contributed by atoms with E-state index in [1.165, 1.54) is 0 Å². The van der Waals surface area contributed by atoms with Gasteiger partial charge in [-0.2, -0.15) is 0 Å². The Labute approximate surface area is 170 Å². The third-order valence-electron chi connectivity index (χ3n) is 5.01. The van der Waals surface area contributed by atoms with Gasteiger partial charge in [0.2, 0.25) is 5.91 Å². The van der Waals surface area contributed by atoms with Gasteiger partial charge in [0.05, 0.1) is 15.7 Å². The molecule has 2 aliphatic heterocycles. The van der Waals surface area contributed by atoms with E-state index < -0.39 is 0 Å². The highest BCUT2D eigenvalue weighted by Crippen LogP contribution is 2.42. The van der Waals surface area contributed by atoms with E-state index in [0.717, 1.165) is 32.7 Å². The molecule has 29 heavy (non-hydrogen) atoms. The number of hydrogen-bond acceptors (Lipinski definition) is 5. The third-order valence-corrected chi connectivity index (χ3v) is 5.90. The maximum Gasteiger partial charge on any atom is 0.321 e. The van der Waals surface area contributed by atoms with Crippen molar-refractivity contribution >= 4 is 51.3 Å². The van der Waals surface area contributed by atoms with Crippen LogP contribution in [0.3, 0.4) is 0 Å². The minimum absolute atomic E-state index is 0.00737. The molecule has 0 spiro atoms. The van der Waals surface area contributed by atoms with Gasteiger partial charge in [0.1, 0.15) is 0 Å². The lowest BCUT2D eigenvalue weighted by atomic mass is 9.84. The Hall–Kier alpha value is -3.46. The number of urea groups is 1. The summed E-state index contributed by atoms with van der Waals surface area (Å²) in [6, 6.07) is 11.9. The molecule has 1 fully saturated rings. The number of amides is 3. The van der Waals surface area contributed by atoms with Gasteiger partial charge in [0.25, 0.3) is 6.47 Å². The minimum Gasteiger partial charge on any atom is -0.483 e. The van der Waals surface area contributed by atoms with Gasteiger partial charge in [-0.15, -0.1) is 11.3 Å². The molecule has 8 nitrogen and oxygen atoms in total. The Morgan fingerprint density at radius 1 is 1.21 bits per heavy atom. The fourth-order valence-corrected chi connectivity index (χ4v) is 4.66.